The van der Waals surface area contributed by atoms with E-state index in [-0.39, 0.29) is 60.8 Å². The van der Waals surface area contributed by atoms with Gasteiger partial charge in [0.15, 0.2) is 5.75 Å². The Bertz CT molecular complexity index is 2440. The Morgan fingerprint density at radius 1 is 0.984 bits per heavy atom. The highest BCUT2D eigenvalue weighted by molar-refractivity contribution is 6.05. The Labute approximate surface area is 363 Å². The lowest BCUT2D eigenvalue weighted by atomic mass is 9.85. The number of likely N-dealkylation sites (tertiary alicyclic amines) is 1. The number of rotatable bonds is 11. The van der Waals surface area contributed by atoms with Crippen LogP contribution in [0, 0.1) is 25.1 Å². The fraction of sp³-hybridized carbons (Fsp3) is 0.520. The Balaban J connectivity index is 1.13. The minimum atomic E-state index is -0.592. The number of ether oxygens (including phenoxy) is 5. The van der Waals surface area contributed by atoms with Crippen molar-refractivity contribution >= 4 is 29.0 Å². The van der Waals surface area contributed by atoms with Gasteiger partial charge in [-0.15, -0.1) is 6.42 Å². The van der Waals surface area contributed by atoms with Gasteiger partial charge in [0, 0.05) is 60.0 Å². The van der Waals surface area contributed by atoms with Crippen molar-refractivity contribution in [1.82, 2.24) is 14.9 Å². The summed E-state index contributed by atoms with van der Waals surface area (Å²) in [4.78, 5) is 33.0. The highest BCUT2D eigenvalue weighted by Gasteiger charge is 2.48. The van der Waals surface area contributed by atoms with Crippen molar-refractivity contribution in [2.45, 2.75) is 134 Å². The molecule has 0 N–H and O–H groups in total. The van der Waals surface area contributed by atoms with E-state index < -0.39 is 5.60 Å². The number of nitrogens with zero attached hydrogens (tertiary/aromatic N) is 5. The number of amides is 1. The van der Waals surface area contributed by atoms with Crippen LogP contribution in [0.4, 0.5) is 15.0 Å². The van der Waals surface area contributed by atoms with Crippen molar-refractivity contribution < 1.29 is 32.9 Å². The van der Waals surface area contributed by atoms with E-state index in [9.17, 15) is 4.79 Å². The third kappa shape index (κ3) is 7.98. The predicted octanol–water partition coefficient (Wildman–Crippen LogP) is 9.37. The van der Waals surface area contributed by atoms with Crippen LogP contribution in [0.25, 0.3) is 22.0 Å². The number of hydrogen-bond donors (Lipinski definition) is 0. The van der Waals surface area contributed by atoms with E-state index in [1.165, 1.54) is 6.42 Å². The molecule has 6 heterocycles. The van der Waals surface area contributed by atoms with E-state index in [0.717, 1.165) is 108 Å². The molecule has 5 atom stereocenters. The van der Waals surface area contributed by atoms with E-state index in [4.69, 9.17) is 45.1 Å². The first-order valence-corrected chi connectivity index (χ1v) is 22.6. The van der Waals surface area contributed by atoms with Gasteiger partial charge in [-0.1, -0.05) is 18.1 Å². The molecule has 62 heavy (non-hydrogen) atoms. The Morgan fingerprint density at radius 2 is 1.82 bits per heavy atom. The maximum absolute atomic E-state index is 16.6. The quantitative estimate of drug-likeness (QED) is 0.137. The zero-order valence-electron chi connectivity index (χ0n) is 36.3. The summed E-state index contributed by atoms with van der Waals surface area (Å²) in [6.07, 6.45) is 15.9. The van der Waals surface area contributed by atoms with Crippen molar-refractivity contribution in [3.8, 4) is 35.2 Å². The van der Waals surface area contributed by atoms with Crippen LogP contribution in [0.5, 0.6) is 11.8 Å². The molecule has 0 spiro atoms. The van der Waals surface area contributed by atoms with Crippen LogP contribution in [-0.4, -0.2) is 90.0 Å². The van der Waals surface area contributed by atoms with Crippen LogP contribution < -0.4 is 14.4 Å². The SMILES string of the molecule is C#Cc1ccc(COc2c(-c3c(C)c(F)cc4c3C=NC4CCC3CCCCO3)c(C3CC3)cc3c(N4C[C@@H]5C[C@H]4CN5C(=O)OC(C)(C)C)nc(O[C@H]4CCOC4)nc23)cc1. The number of piperazine rings is 1. The molecule has 324 valence electrons. The third-order valence-electron chi connectivity index (χ3n) is 13.4. The summed E-state index contributed by atoms with van der Waals surface area (Å²) in [6, 6.07) is 11.7. The van der Waals surface area contributed by atoms with Gasteiger partial charge in [0.05, 0.1) is 37.4 Å². The zero-order valence-corrected chi connectivity index (χ0v) is 36.3. The maximum atomic E-state index is 16.6. The van der Waals surface area contributed by atoms with Gasteiger partial charge in [0.2, 0.25) is 0 Å². The highest BCUT2D eigenvalue weighted by atomic mass is 19.1. The summed E-state index contributed by atoms with van der Waals surface area (Å²) in [7, 11) is 0. The third-order valence-corrected chi connectivity index (χ3v) is 13.4. The maximum Gasteiger partial charge on any atom is 0.410 e. The number of aliphatic imine (C=N–C) groups is 1. The first-order valence-electron chi connectivity index (χ1n) is 22.6. The van der Waals surface area contributed by atoms with Gasteiger partial charge >= 0.3 is 12.1 Å². The van der Waals surface area contributed by atoms with E-state index in [1.54, 1.807) is 6.07 Å². The van der Waals surface area contributed by atoms with Crippen LogP contribution in [0.3, 0.4) is 0 Å². The van der Waals surface area contributed by atoms with Gasteiger partial charge < -0.3 is 33.5 Å². The summed E-state index contributed by atoms with van der Waals surface area (Å²) < 4.78 is 47.8. The number of fused-ring (bicyclic) bond motifs is 4. The van der Waals surface area contributed by atoms with E-state index in [2.05, 4.69) is 16.9 Å². The van der Waals surface area contributed by atoms with Gasteiger partial charge in [-0.25, -0.2) is 9.18 Å². The molecule has 11 nitrogen and oxygen atoms in total. The fourth-order valence-electron chi connectivity index (χ4n) is 10.1. The monoisotopic (exact) mass is 841 g/mol. The van der Waals surface area contributed by atoms with Crippen molar-refractivity contribution in [2.75, 3.05) is 37.8 Å². The average molecular weight is 842 g/mol. The van der Waals surface area contributed by atoms with Crippen LogP contribution in [0.15, 0.2) is 41.4 Å². The molecule has 2 bridgehead atoms. The fourth-order valence-corrected chi connectivity index (χ4v) is 10.1. The summed E-state index contributed by atoms with van der Waals surface area (Å²) in [5.74, 6) is 3.98. The van der Waals surface area contributed by atoms with Gasteiger partial charge in [-0.05, 0) is 131 Å². The largest absolute Gasteiger partial charge is 0.486 e. The van der Waals surface area contributed by atoms with Crippen molar-refractivity contribution in [3.63, 3.8) is 0 Å². The summed E-state index contributed by atoms with van der Waals surface area (Å²) >= 11 is 0. The Morgan fingerprint density at radius 3 is 2.52 bits per heavy atom. The number of anilines is 1. The Kier molecular flexibility index (Phi) is 10.8. The molecule has 0 radical (unpaired) electrons. The van der Waals surface area contributed by atoms with Crippen molar-refractivity contribution in [3.05, 3.63) is 75.6 Å². The van der Waals surface area contributed by atoms with Crippen LogP contribution in [0.1, 0.15) is 124 Å². The molecule has 6 aliphatic rings. The first-order chi connectivity index (χ1) is 30.0. The second-order valence-corrected chi connectivity index (χ2v) is 19.0. The molecular weight excluding hydrogens is 786 g/mol. The minimum absolute atomic E-state index is 0.0114. The van der Waals surface area contributed by atoms with Crippen LogP contribution >= 0.6 is 0 Å². The number of carbonyl (C=O) groups excluding carboxylic acids is 1. The normalized spacial score (nSPS) is 24.2. The molecule has 12 heteroatoms. The van der Waals surface area contributed by atoms with Crippen molar-refractivity contribution in [1.29, 1.82) is 0 Å². The van der Waals surface area contributed by atoms with Gasteiger partial charge in [-0.2, -0.15) is 9.97 Å². The Hall–Kier alpha value is -5.25. The lowest BCUT2D eigenvalue weighted by Gasteiger charge is -2.36. The van der Waals surface area contributed by atoms with Crippen LogP contribution in [-0.2, 0) is 20.8 Å². The minimum Gasteiger partial charge on any atom is -0.486 e. The van der Waals surface area contributed by atoms with Gasteiger partial charge in [0.1, 0.15) is 35.5 Å². The van der Waals surface area contributed by atoms with E-state index in [0.29, 0.717) is 43.1 Å². The van der Waals surface area contributed by atoms with Gasteiger partial charge in [0.25, 0.3) is 0 Å². The topological polar surface area (TPSA) is 108 Å². The number of benzene rings is 3. The summed E-state index contributed by atoms with van der Waals surface area (Å²) in [5, 5.41) is 0.837. The van der Waals surface area contributed by atoms with Crippen LogP contribution in [0.2, 0.25) is 0 Å². The number of aromatic nitrogens is 2. The first kappa shape index (κ1) is 40.8. The average Bonchev–Trinajstić information content (AvgIpc) is 3.55. The smallest absolute Gasteiger partial charge is 0.410 e. The summed E-state index contributed by atoms with van der Waals surface area (Å²) in [6.45, 7) is 10.7. The number of terminal acetylenes is 1. The van der Waals surface area contributed by atoms with Crippen molar-refractivity contribution in [2.24, 2.45) is 4.99 Å². The van der Waals surface area contributed by atoms with Gasteiger partial charge in [-0.3, -0.25) is 4.99 Å². The number of hydrogen-bond acceptors (Lipinski definition) is 10. The second kappa shape index (κ2) is 16.5. The molecule has 4 aromatic rings. The molecular formula is C50H56FN5O6. The van der Waals surface area contributed by atoms with E-state index >= 15 is 4.39 Å². The molecule has 2 unspecified atom stereocenters. The lowest BCUT2D eigenvalue weighted by molar-refractivity contribution is 0.00919. The second-order valence-electron chi connectivity index (χ2n) is 19.0. The summed E-state index contributed by atoms with van der Waals surface area (Å²) in [5.41, 5.74) is 6.80. The molecule has 1 saturated carbocycles. The molecule has 10 rings (SSSR count). The lowest BCUT2D eigenvalue weighted by Crippen LogP contribution is -2.50. The molecule has 1 aromatic heterocycles. The zero-order chi connectivity index (χ0) is 42.7. The molecule has 3 aromatic carbocycles. The molecule has 5 aliphatic heterocycles. The molecule has 1 aliphatic carbocycles. The number of carbonyl (C=O) groups is 1. The predicted molar refractivity (Wildman–Crippen MR) is 236 cm³/mol. The molecule has 5 fully saturated rings. The number of halogens is 1. The van der Waals surface area contributed by atoms with E-state index in [1.807, 2.05) is 63.1 Å². The highest BCUT2D eigenvalue weighted by Crippen LogP contribution is 2.54. The molecule has 4 saturated heterocycles. The standard InChI is InChI=1S/C50H56FN5O6/c1-6-30-10-12-31(13-11-30)27-60-46-44(43-29(2)41(51)23-38-40(43)24-52-42(38)17-16-35-9-7-8-19-59-35)37(32-14-15-32)22-39-45(46)53-48(61-36-18-20-58-28-36)54-47(39)55-25-34-21-33(55)26-56(34)49(57)62-50(3,4)5/h1,10-13,22-24,32-36,42H,7-9,14-21,25-28H2,2-5H3/t33-,34-,35?,36-,42?/m0/s1. The molecule has 1 amide bonds.